The van der Waals surface area contributed by atoms with Gasteiger partial charge in [0, 0.05) is 16.0 Å². The average molecular weight is 435 g/mol. The van der Waals surface area contributed by atoms with E-state index in [1.54, 1.807) is 24.3 Å². The van der Waals surface area contributed by atoms with E-state index in [0.29, 0.717) is 10.2 Å². The Balaban J connectivity index is 1.62. The molecule has 0 radical (unpaired) electrons. The Bertz CT molecular complexity index is 1030. The number of anilines is 1. The molecule has 5 nitrogen and oxygen atoms in total. The van der Waals surface area contributed by atoms with Crippen molar-refractivity contribution in [2.24, 2.45) is 4.99 Å². The lowest BCUT2D eigenvalue weighted by molar-refractivity contribution is -0.117. The first kappa shape index (κ1) is 19.5. The van der Waals surface area contributed by atoms with Crippen molar-refractivity contribution >= 4 is 50.0 Å². The number of sulfone groups is 1. The molecule has 0 aromatic heterocycles. The average Bonchev–Trinajstić information content (AvgIpc) is 3.09. The fraction of sp³-hybridized carbons (Fsp3) is 0.300. The molecule has 4 rings (SSSR count). The fourth-order valence-electron chi connectivity index (χ4n) is 3.49. The number of aryl methyl sites for hydroxylation is 1. The highest BCUT2D eigenvalue weighted by atomic mass is 35.5. The van der Waals surface area contributed by atoms with Crippen molar-refractivity contribution in [3.8, 4) is 0 Å². The molecule has 2 aliphatic heterocycles. The van der Waals surface area contributed by atoms with E-state index in [2.05, 4.69) is 4.99 Å². The van der Waals surface area contributed by atoms with E-state index < -0.39 is 9.84 Å². The summed E-state index contributed by atoms with van der Waals surface area (Å²) < 4.78 is 24.2. The smallest absolute Gasteiger partial charge is 0.252 e. The van der Waals surface area contributed by atoms with Gasteiger partial charge in [-0.15, -0.1) is 0 Å². The molecule has 0 spiro atoms. The number of amidine groups is 1. The summed E-state index contributed by atoms with van der Waals surface area (Å²) in [6.07, 6.45) is 0.177. The van der Waals surface area contributed by atoms with Crippen molar-refractivity contribution in [1.82, 2.24) is 0 Å². The van der Waals surface area contributed by atoms with Gasteiger partial charge in [-0.3, -0.25) is 4.79 Å². The maximum absolute atomic E-state index is 12.6. The van der Waals surface area contributed by atoms with Crippen molar-refractivity contribution in [3.05, 3.63) is 64.7 Å². The Labute approximate surface area is 173 Å². The molecule has 1 amide bonds. The zero-order chi connectivity index (χ0) is 19.9. The van der Waals surface area contributed by atoms with Crippen molar-refractivity contribution in [2.45, 2.75) is 24.6 Å². The number of nitrogens with zero attached hydrogens (tertiary/aromatic N) is 2. The molecule has 2 atom stereocenters. The number of hydrogen-bond acceptors (Lipinski definition) is 4. The Hall–Kier alpha value is -1.83. The molecule has 2 aromatic carbocycles. The highest BCUT2D eigenvalue weighted by Crippen LogP contribution is 2.41. The molecule has 146 valence electrons. The van der Waals surface area contributed by atoms with Crippen LogP contribution in [-0.4, -0.2) is 42.3 Å². The topological polar surface area (TPSA) is 66.8 Å². The minimum absolute atomic E-state index is 0.0862. The minimum atomic E-state index is -3.07. The second-order valence-electron chi connectivity index (χ2n) is 7.10. The number of thioether (sulfide) groups is 1. The summed E-state index contributed by atoms with van der Waals surface area (Å²) in [5, 5.41) is 1.09. The third-order valence-corrected chi connectivity index (χ3v) is 8.33. The van der Waals surface area contributed by atoms with Crippen LogP contribution >= 0.6 is 23.4 Å². The van der Waals surface area contributed by atoms with Gasteiger partial charge in [0.2, 0.25) is 0 Å². The van der Waals surface area contributed by atoms with Gasteiger partial charge in [0.15, 0.2) is 15.0 Å². The van der Waals surface area contributed by atoms with Crippen LogP contribution in [0.1, 0.15) is 11.1 Å². The SMILES string of the molecule is Cc1ccc(N2C(=NC(=O)Cc3ccc(Cl)cc3)S[C@@H]3CS(=O)(=O)C[C@H]32)cc1. The standard InChI is InChI=1S/C20H19ClN2O3S2/c1-13-2-8-16(9-3-13)23-17-11-28(25,26)12-18(17)27-20(23)22-19(24)10-14-4-6-15(21)7-5-14/h2-9,17-18H,10-12H2,1H3/t17-,18-/m1/s1. The number of halogens is 1. The monoisotopic (exact) mass is 434 g/mol. The number of carbonyl (C=O) groups excluding carboxylic acids is 1. The maximum atomic E-state index is 12.6. The van der Waals surface area contributed by atoms with Crippen molar-refractivity contribution < 1.29 is 13.2 Å². The lowest BCUT2D eigenvalue weighted by Gasteiger charge is -2.24. The second-order valence-corrected chi connectivity index (χ2v) is 10.9. The quantitative estimate of drug-likeness (QED) is 0.739. The highest BCUT2D eigenvalue weighted by molar-refractivity contribution is 8.16. The van der Waals surface area contributed by atoms with Crippen LogP contribution in [0.2, 0.25) is 5.02 Å². The number of amides is 1. The molecule has 8 heteroatoms. The fourth-order valence-corrected chi connectivity index (χ4v) is 7.55. The lowest BCUT2D eigenvalue weighted by Crippen LogP contribution is -2.37. The molecule has 0 bridgehead atoms. The molecule has 0 aliphatic carbocycles. The van der Waals surface area contributed by atoms with Gasteiger partial charge in [-0.05, 0) is 36.8 Å². The second kappa shape index (κ2) is 7.54. The largest absolute Gasteiger partial charge is 0.316 e. The Morgan fingerprint density at radius 1 is 1.14 bits per heavy atom. The van der Waals surface area contributed by atoms with Crippen LogP contribution in [0, 0.1) is 6.92 Å². The Morgan fingerprint density at radius 3 is 2.50 bits per heavy atom. The van der Waals surface area contributed by atoms with Crippen LogP contribution in [-0.2, 0) is 21.1 Å². The van der Waals surface area contributed by atoms with Gasteiger partial charge in [-0.2, -0.15) is 4.99 Å². The zero-order valence-corrected chi connectivity index (χ0v) is 17.6. The molecule has 2 aromatic rings. The van der Waals surface area contributed by atoms with Crippen LogP contribution in [0.3, 0.4) is 0 Å². The number of fused-ring (bicyclic) bond motifs is 1. The number of benzene rings is 2. The van der Waals surface area contributed by atoms with Crippen molar-refractivity contribution in [1.29, 1.82) is 0 Å². The molecule has 2 fully saturated rings. The number of hydrogen-bond donors (Lipinski definition) is 0. The third-order valence-electron chi connectivity index (χ3n) is 4.87. The highest BCUT2D eigenvalue weighted by Gasteiger charge is 2.49. The van der Waals surface area contributed by atoms with Gasteiger partial charge in [0.05, 0.1) is 24.0 Å². The normalized spacial score (nSPS) is 24.5. The van der Waals surface area contributed by atoms with E-state index in [9.17, 15) is 13.2 Å². The summed E-state index contributed by atoms with van der Waals surface area (Å²) in [7, 11) is -3.07. The van der Waals surface area contributed by atoms with E-state index >= 15 is 0 Å². The molecule has 2 heterocycles. The minimum Gasteiger partial charge on any atom is -0.316 e. The molecule has 2 saturated heterocycles. The molecular formula is C20H19ClN2O3S2. The number of rotatable bonds is 3. The summed E-state index contributed by atoms with van der Waals surface area (Å²) in [5.74, 6) is -0.0531. The first-order valence-electron chi connectivity index (χ1n) is 8.90. The predicted octanol–water partition coefficient (Wildman–Crippen LogP) is 3.49. The van der Waals surface area contributed by atoms with Crippen molar-refractivity contribution in [2.75, 3.05) is 16.4 Å². The number of aliphatic imine (C=N–C) groups is 1. The summed E-state index contributed by atoms with van der Waals surface area (Å²) >= 11 is 7.28. The Morgan fingerprint density at radius 2 is 1.82 bits per heavy atom. The van der Waals surface area contributed by atoms with E-state index in [1.165, 1.54) is 11.8 Å². The van der Waals surface area contributed by atoms with Gasteiger partial charge in [0.25, 0.3) is 5.91 Å². The molecule has 0 N–H and O–H groups in total. The molecule has 0 unspecified atom stereocenters. The van der Waals surface area contributed by atoms with Crippen LogP contribution in [0.5, 0.6) is 0 Å². The van der Waals surface area contributed by atoms with Gasteiger partial charge >= 0.3 is 0 Å². The van der Waals surface area contributed by atoms with E-state index in [-0.39, 0.29) is 35.1 Å². The molecule has 0 saturated carbocycles. The van der Waals surface area contributed by atoms with Gasteiger partial charge in [0.1, 0.15) is 0 Å². The first-order chi connectivity index (χ1) is 13.3. The summed E-state index contributed by atoms with van der Waals surface area (Å²) in [6.45, 7) is 2.00. The molecular weight excluding hydrogens is 416 g/mol. The van der Waals surface area contributed by atoms with Gasteiger partial charge in [-0.1, -0.05) is 53.2 Å². The molecule has 2 aliphatic rings. The van der Waals surface area contributed by atoms with Gasteiger partial charge in [-0.25, -0.2) is 8.42 Å². The summed E-state index contributed by atoms with van der Waals surface area (Å²) in [5.41, 5.74) is 2.82. The predicted molar refractivity (Wildman–Crippen MR) is 115 cm³/mol. The summed E-state index contributed by atoms with van der Waals surface area (Å²) in [4.78, 5) is 18.8. The number of carbonyl (C=O) groups is 1. The van der Waals surface area contributed by atoms with Crippen LogP contribution in [0.25, 0.3) is 0 Å². The Kier molecular flexibility index (Phi) is 5.24. The third kappa shape index (κ3) is 4.11. The first-order valence-corrected chi connectivity index (χ1v) is 12.0. The lowest BCUT2D eigenvalue weighted by atomic mass is 10.1. The van der Waals surface area contributed by atoms with Crippen molar-refractivity contribution in [3.63, 3.8) is 0 Å². The van der Waals surface area contributed by atoms with Crippen LogP contribution < -0.4 is 4.90 Å². The zero-order valence-electron chi connectivity index (χ0n) is 15.2. The van der Waals surface area contributed by atoms with E-state index in [4.69, 9.17) is 11.6 Å². The van der Waals surface area contributed by atoms with Crippen LogP contribution in [0.15, 0.2) is 53.5 Å². The van der Waals surface area contributed by atoms with Gasteiger partial charge < -0.3 is 4.90 Å². The van der Waals surface area contributed by atoms with Crippen LogP contribution in [0.4, 0.5) is 5.69 Å². The summed E-state index contributed by atoms with van der Waals surface area (Å²) in [6, 6.07) is 14.8. The maximum Gasteiger partial charge on any atom is 0.252 e. The molecule has 28 heavy (non-hydrogen) atoms. The van der Waals surface area contributed by atoms with E-state index in [0.717, 1.165) is 16.8 Å². The van der Waals surface area contributed by atoms with E-state index in [1.807, 2.05) is 36.1 Å².